The third kappa shape index (κ3) is 5.17. The van der Waals surface area contributed by atoms with Crippen LogP contribution in [0.4, 0.5) is 8.78 Å². The Kier molecular flexibility index (Phi) is 6.25. The number of halogens is 3. The van der Waals surface area contributed by atoms with Gasteiger partial charge < -0.3 is 10.1 Å². The molecule has 0 amide bonds. The summed E-state index contributed by atoms with van der Waals surface area (Å²) in [6.45, 7) is 6.11. The smallest absolute Gasteiger partial charge is 0.191 e. The highest BCUT2D eigenvalue weighted by Crippen LogP contribution is 2.24. The predicted octanol–water partition coefficient (Wildman–Crippen LogP) is 3.98. The van der Waals surface area contributed by atoms with Gasteiger partial charge in [-0.05, 0) is 30.2 Å². The molecule has 106 valence electrons. The molecule has 0 bridgehead atoms. The molecule has 0 atom stereocenters. The average molecular weight is 290 g/mol. The Bertz CT molecular complexity index is 438. The lowest BCUT2D eigenvalue weighted by atomic mass is 10.2. The summed E-state index contributed by atoms with van der Waals surface area (Å²) in [7, 11) is 0. The van der Waals surface area contributed by atoms with Gasteiger partial charge in [0, 0.05) is 18.1 Å². The predicted molar refractivity (Wildman–Crippen MR) is 73.4 cm³/mol. The first-order chi connectivity index (χ1) is 8.93. The van der Waals surface area contributed by atoms with E-state index in [9.17, 15) is 8.78 Å². The molecule has 0 aliphatic carbocycles. The molecule has 0 saturated carbocycles. The van der Waals surface area contributed by atoms with E-state index in [1.54, 1.807) is 6.92 Å². The SMILES string of the molecule is C/C(=C\Cl)COc1c(F)cc(CNC(C)C)cc1F. The van der Waals surface area contributed by atoms with Crippen molar-refractivity contribution >= 4 is 11.6 Å². The van der Waals surface area contributed by atoms with E-state index >= 15 is 0 Å². The lowest BCUT2D eigenvalue weighted by molar-refractivity contribution is 0.312. The molecule has 1 aromatic rings. The van der Waals surface area contributed by atoms with Gasteiger partial charge in [0.15, 0.2) is 17.4 Å². The van der Waals surface area contributed by atoms with Gasteiger partial charge in [0.25, 0.3) is 0 Å². The third-order valence-electron chi connectivity index (χ3n) is 2.40. The summed E-state index contributed by atoms with van der Waals surface area (Å²) in [6.07, 6.45) is 0. The first kappa shape index (κ1) is 15.9. The largest absolute Gasteiger partial charge is 0.483 e. The topological polar surface area (TPSA) is 21.3 Å². The summed E-state index contributed by atoms with van der Waals surface area (Å²) < 4.78 is 32.6. The van der Waals surface area contributed by atoms with Crippen molar-refractivity contribution in [1.82, 2.24) is 5.32 Å². The molecule has 0 spiro atoms. The summed E-state index contributed by atoms with van der Waals surface area (Å²) in [5, 5.41) is 3.09. The molecule has 1 aromatic carbocycles. The summed E-state index contributed by atoms with van der Waals surface area (Å²) in [5.41, 5.74) is 2.54. The number of nitrogens with one attached hydrogen (secondary N) is 1. The van der Waals surface area contributed by atoms with E-state index in [2.05, 4.69) is 5.32 Å². The second-order valence-corrected chi connectivity index (χ2v) is 4.89. The maximum Gasteiger partial charge on any atom is 0.191 e. The molecule has 0 aliphatic rings. The highest BCUT2D eigenvalue weighted by atomic mass is 35.5. The van der Waals surface area contributed by atoms with Gasteiger partial charge >= 0.3 is 0 Å². The zero-order valence-electron chi connectivity index (χ0n) is 11.3. The monoisotopic (exact) mass is 289 g/mol. The van der Waals surface area contributed by atoms with Crippen LogP contribution < -0.4 is 10.1 Å². The van der Waals surface area contributed by atoms with Crippen LogP contribution in [-0.2, 0) is 6.54 Å². The number of benzene rings is 1. The van der Waals surface area contributed by atoms with Gasteiger partial charge in [-0.1, -0.05) is 25.4 Å². The van der Waals surface area contributed by atoms with Crippen LogP contribution in [0.25, 0.3) is 0 Å². The second kappa shape index (κ2) is 7.46. The van der Waals surface area contributed by atoms with Crippen molar-refractivity contribution in [3.63, 3.8) is 0 Å². The average Bonchev–Trinajstić information content (AvgIpc) is 2.34. The summed E-state index contributed by atoms with van der Waals surface area (Å²) in [4.78, 5) is 0. The Labute approximate surface area is 117 Å². The minimum atomic E-state index is -0.706. The Morgan fingerprint density at radius 2 is 1.95 bits per heavy atom. The fraction of sp³-hybridized carbons (Fsp3) is 0.429. The Morgan fingerprint density at radius 1 is 1.37 bits per heavy atom. The molecule has 5 heteroatoms. The van der Waals surface area contributed by atoms with Crippen LogP contribution in [0, 0.1) is 11.6 Å². The van der Waals surface area contributed by atoms with Crippen LogP contribution >= 0.6 is 11.6 Å². The van der Waals surface area contributed by atoms with Crippen molar-refractivity contribution in [2.75, 3.05) is 6.61 Å². The summed E-state index contributed by atoms with van der Waals surface area (Å²) in [6, 6.07) is 2.79. The van der Waals surface area contributed by atoms with E-state index in [0.717, 1.165) is 0 Å². The van der Waals surface area contributed by atoms with Crippen molar-refractivity contribution < 1.29 is 13.5 Å². The minimum absolute atomic E-state index is 0.0565. The van der Waals surface area contributed by atoms with Gasteiger partial charge in [0.2, 0.25) is 0 Å². The van der Waals surface area contributed by atoms with Gasteiger partial charge in [-0.3, -0.25) is 0 Å². The first-order valence-corrected chi connectivity index (χ1v) is 6.47. The number of hydrogen-bond donors (Lipinski definition) is 1. The van der Waals surface area contributed by atoms with Crippen molar-refractivity contribution in [2.45, 2.75) is 33.4 Å². The summed E-state index contributed by atoms with van der Waals surface area (Å²) in [5.74, 6) is -1.78. The quantitative estimate of drug-likeness (QED) is 0.855. The van der Waals surface area contributed by atoms with E-state index in [-0.39, 0.29) is 18.4 Å². The van der Waals surface area contributed by atoms with Crippen LogP contribution in [0.1, 0.15) is 26.3 Å². The zero-order valence-corrected chi connectivity index (χ0v) is 12.0. The molecule has 0 unspecified atom stereocenters. The van der Waals surface area contributed by atoms with Crippen LogP contribution in [0.2, 0.25) is 0 Å². The van der Waals surface area contributed by atoms with Crippen LogP contribution in [0.3, 0.4) is 0 Å². The molecule has 19 heavy (non-hydrogen) atoms. The van der Waals surface area contributed by atoms with E-state index in [0.29, 0.717) is 17.7 Å². The molecule has 0 aromatic heterocycles. The standard InChI is InChI=1S/C14H18ClF2NO/c1-9(2)18-7-11-4-12(16)14(13(17)5-11)19-8-10(3)6-15/h4-6,9,18H,7-8H2,1-3H3/b10-6+. The Hall–Kier alpha value is -1.13. The van der Waals surface area contributed by atoms with Crippen molar-refractivity contribution in [1.29, 1.82) is 0 Å². The Morgan fingerprint density at radius 3 is 2.42 bits per heavy atom. The number of ether oxygens (including phenoxy) is 1. The molecular weight excluding hydrogens is 272 g/mol. The summed E-state index contributed by atoms with van der Waals surface area (Å²) >= 11 is 5.46. The number of hydrogen-bond acceptors (Lipinski definition) is 2. The lowest BCUT2D eigenvalue weighted by Crippen LogP contribution is -2.22. The zero-order chi connectivity index (χ0) is 14.4. The molecule has 0 saturated heterocycles. The molecule has 2 nitrogen and oxygen atoms in total. The van der Waals surface area contributed by atoms with E-state index in [1.807, 2.05) is 13.8 Å². The van der Waals surface area contributed by atoms with Gasteiger partial charge in [0.1, 0.15) is 6.61 Å². The van der Waals surface area contributed by atoms with Gasteiger partial charge in [-0.2, -0.15) is 0 Å². The van der Waals surface area contributed by atoms with Crippen LogP contribution in [0.15, 0.2) is 23.2 Å². The molecule has 0 radical (unpaired) electrons. The fourth-order valence-electron chi connectivity index (χ4n) is 1.39. The van der Waals surface area contributed by atoms with Crippen LogP contribution in [-0.4, -0.2) is 12.6 Å². The third-order valence-corrected chi connectivity index (χ3v) is 2.78. The first-order valence-electron chi connectivity index (χ1n) is 6.04. The van der Waals surface area contributed by atoms with Crippen molar-refractivity contribution in [3.8, 4) is 5.75 Å². The molecule has 0 heterocycles. The van der Waals surface area contributed by atoms with E-state index in [4.69, 9.17) is 16.3 Å². The fourth-order valence-corrected chi connectivity index (χ4v) is 1.45. The molecule has 0 aliphatic heterocycles. The van der Waals surface area contributed by atoms with Gasteiger partial charge in [-0.25, -0.2) is 8.78 Å². The maximum atomic E-state index is 13.7. The van der Waals surface area contributed by atoms with Crippen molar-refractivity contribution in [3.05, 3.63) is 40.4 Å². The highest BCUT2D eigenvalue weighted by Gasteiger charge is 2.13. The van der Waals surface area contributed by atoms with E-state index in [1.165, 1.54) is 17.7 Å². The van der Waals surface area contributed by atoms with Crippen molar-refractivity contribution in [2.24, 2.45) is 0 Å². The van der Waals surface area contributed by atoms with E-state index < -0.39 is 11.6 Å². The second-order valence-electron chi connectivity index (χ2n) is 4.67. The number of rotatable bonds is 6. The molecular formula is C14H18ClF2NO. The van der Waals surface area contributed by atoms with Gasteiger partial charge in [-0.15, -0.1) is 0 Å². The normalized spacial score (nSPS) is 12.1. The lowest BCUT2D eigenvalue weighted by Gasteiger charge is -2.12. The minimum Gasteiger partial charge on any atom is -0.483 e. The van der Waals surface area contributed by atoms with Crippen LogP contribution in [0.5, 0.6) is 5.75 Å². The molecule has 0 fully saturated rings. The molecule has 1 rings (SSSR count). The Balaban J connectivity index is 2.79. The highest BCUT2D eigenvalue weighted by molar-refractivity contribution is 6.25. The van der Waals surface area contributed by atoms with Gasteiger partial charge in [0.05, 0.1) is 0 Å². The maximum absolute atomic E-state index is 13.7. The molecule has 1 N–H and O–H groups in total.